The van der Waals surface area contributed by atoms with E-state index in [2.05, 4.69) is 5.32 Å². The number of halogens is 2. The van der Waals surface area contributed by atoms with Gasteiger partial charge in [0.2, 0.25) is 5.91 Å². The number of hydrogen-bond acceptors (Lipinski definition) is 4. The summed E-state index contributed by atoms with van der Waals surface area (Å²) in [6.45, 7) is 0.426. The quantitative estimate of drug-likeness (QED) is 0.636. The third-order valence-electron chi connectivity index (χ3n) is 6.15. The molecular formula is C23H24Cl2N2O4S. The lowest BCUT2D eigenvalue weighted by Crippen LogP contribution is -2.43. The second kappa shape index (κ2) is 9.41. The minimum atomic E-state index is -3.43. The highest BCUT2D eigenvalue weighted by molar-refractivity contribution is 7.92. The fraction of sp³-hybridized carbons (Fsp3) is 0.391. The van der Waals surface area contributed by atoms with E-state index < -0.39 is 15.9 Å². The third-order valence-corrected chi connectivity index (χ3v) is 8.97. The first kappa shape index (κ1) is 23.1. The Bertz CT molecular complexity index is 1150. The van der Waals surface area contributed by atoms with Gasteiger partial charge in [-0.3, -0.25) is 9.59 Å². The standard InChI is InChI=1S/C23H24Cl2N2O4S/c24-15-10-11-20(25)19(13-15)23(29)27-12-4-9-21(27)22(28)26-16-5-3-8-18(14-16)32(30,31)17-6-1-2-7-17/h3,5,8,10-11,13-14,17,21H,1-2,4,6-7,9,12H2,(H,26,28). The van der Waals surface area contributed by atoms with Gasteiger partial charge in [-0.25, -0.2) is 8.42 Å². The van der Waals surface area contributed by atoms with Crippen molar-refractivity contribution in [1.29, 1.82) is 0 Å². The summed E-state index contributed by atoms with van der Waals surface area (Å²) in [5.74, 6) is -0.711. The van der Waals surface area contributed by atoms with Crippen molar-refractivity contribution < 1.29 is 18.0 Å². The summed E-state index contributed by atoms with van der Waals surface area (Å²) >= 11 is 12.2. The predicted molar refractivity (Wildman–Crippen MR) is 125 cm³/mol. The Balaban J connectivity index is 1.51. The first-order valence-electron chi connectivity index (χ1n) is 10.7. The normalized spacial score (nSPS) is 19.3. The molecule has 1 saturated carbocycles. The Hall–Kier alpha value is -2.09. The highest BCUT2D eigenvalue weighted by Crippen LogP contribution is 2.31. The van der Waals surface area contributed by atoms with Crippen molar-refractivity contribution >= 4 is 50.5 Å². The number of amides is 2. The molecule has 1 unspecified atom stereocenters. The van der Waals surface area contributed by atoms with Gasteiger partial charge in [-0.05, 0) is 62.1 Å². The number of carbonyl (C=O) groups is 2. The largest absolute Gasteiger partial charge is 0.327 e. The Kier molecular flexibility index (Phi) is 6.79. The first-order chi connectivity index (χ1) is 15.3. The number of anilines is 1. The smallest absolute Gasteiger partial charge is 0.256 e. The zero-order valence-electron chi connectivity index (χ0n) is 17.4. The molecule has 2 fully saturated rings. The average Bonchev–Trinajstić information content (AvgIpc) is 3.48. The van der Waals surface area contributed by atoms with E-state index in [-0.39, 0.29) is 32.5 Å². The molecular weight excluding hydrogens is 471 g/mol. The van der Waals surface area contributed by atoms with Gasteiger partial charge in [-0.2, -0.15) is 0 Å². The molecule has 0 spiro atoms. The average molecular weight is 495 g/mol. The van der Waals surface area contributed by atoms with Crippen LogP contribution in [0.3, 0.4) is 0 Å². The maximum atomic E-state index is 13.0. The van der Waals surface area contributed by atoms with E-state index in [0.29, 0.717) is 42.9 Å². The lowest BCUT2D eigenvalue weighted by molar-refractivity contribution is -0.119. The summed E-state index contributed by atoms with van der Waals surface area (Å²) < 4.78 is 25.8. The Morgan fingerprint density at radius 1 is 0.969 bits per heavy atom. The SMILES string of the molecule is O=C(Nc1cccc(S(=O)(=O)C2CCCC2)c1)C1CCCN1C(=O)c1cc(Cl)ccc1Cl. The van der Waals surface area contributed by atoms with Crippen LogP contribution < -0.4 is 5.32 Å². The van der Waals surface area contributed by atoms with Gasteiger partial charge in [-0.15, -0.1) is 0 Å². The molecule has 2 aliphatic rings. The Morgan fingerprint density at radius 3 is 2.47 bits per heavy atom. The summed E-state index contributed by atoms with van der Waals surface area (Å²) in [7, 11) is -3.43. The second-order valence-electron chi connectivity index (χ2n) is 8.25. The number of sulfone groups is 1. The summed E-state index contributed by atoms with van der Waals surface area (Å²) in [6.07, 6.45) is 4.37. The minimum absolute atomic E-state index is 0.215. The molecule has 1 N–H and O–H groups in total. The summed E-state index contributed by atoms with van der Waals surface area (Å²) in [5.41, 5.74) is 0.651. The van der Waals surface area contributed by atoms with E-state index in [4.69, 9.17) is 23.2 Å². The fourth-order valence-electron chi connectivity index (χ4n) is 4.47. The van der Waals surface area contributed by atoms with E-state index in [1.165, 1.54) is 17.0 Å². The molecule has 2 aromatic rings. The second-order valence-corrected chi connectivity index (χ2v) is 11.3. The van der Waals surface area contributed by atoms with Crippen molar-refractivity contribution in [3.63, 3.8) is 0 Å². The van der Waals surface area contributed by atoms with Crippen molar-refractivity contribution in [2.45, 2.75) is 54.7 Å². The number of carbonyl (C=O) groups excluding carboxylic acids is 2. The van der Waals surface area contributed by atoms with Gasteiger partial charge in [0, 0.05) is 17.3 Å². The van der Waals surface area contributed by atoms with Gasteiger partial charge < -0.3 is 10.2 Å². The van der Waals surface area contributed by atoms with Crippen molar-refractivity contribution in [1.82, 2.24) is 4.90 Å². The molecule has 0 aromatic heterocycles. The van der Waals surface area contributed by atoms with Gasteiger partial charge in [0.1, 0.15) is 6.04 Å². The molecule has 1 atom stereocenters. The van der Waals surface area contributed by atoms with Crippen LogP contribution in [0.2, 0.25) is 10.0 Å². The van der Waals surface area contributed by atoms with Crippen molar-refractivity contribution in [2.75, 3.05) is 11.9 Å². The van der Waals surface area contributed by atoms with E-state index in [9.17, 15) is 18.0 Å². The van der Waals surface area contributed by atoms with Gasteiger partial charge in [0.05, 0.1) is 20.7 Å². The number of nitrogens with one attached hydrogen (secondary N) is 1. The van der Waals surface area contributed by atoms with Crippen LogP contribution in [0.15, 0.2) is 47.4 Å². The summed E-state index contributed by atoms with van der Waals surface area (Å²) in [4.78, 5) is 27.8. The zero-order chi connectivity index (χ0) is 22.9. The van der Waals surface area contributed by atoms with E-state index >= 15 is 0 Å². The molecule has 0 bridgehead atoms. The van der Waals surface area contributed by atoms with E-state index in [1.807, 2.05) is 0 Å². The van der Waals surface area contributed by atoms with Gasteiger partial charge in [-0.1, -0.05) is 42.1 Å². The molecule has 1 saturated heterocycles. The lowest BCUT2D eigenvalue weighted by atomic mass is 10.1. The molecule has 4 rings (SSSR count). The van der Waals surface area contributed by atoms with Crippen LogP contribution in [0, 0.1) is 0 Å². The number of likely N-dealkylation sites (tertiary alicyclic amines) is 1. The molecule has 1 aliphatic heterocycles. The topological polar surface area (TPSA) is 83.6 Å². The summed E-state index contributed by atoms with van der Waals surface area (Å²) in [6, 6.07) is 10.3. The number of hydrogen-bond donors (Lipinski definition) is 1. The van der Waals surface area contributed by atoms with Gasteiger partial charge >= 0.3 is 0 Å². The highest BCUT2D eigenvalue weighted by Gasteiger charge is 2.36. The Labute approximate surface area is 197 Å². The van der Waals surface area contributed by atoms with Crippen LogP contribution in [-0.4, -0.2) is 43.0 Å². The molecule has 0 radical (unpaired) electrons. The van der Waals surface area contributed by atoms with Crippen LogP contribution in [0.1, 0.15) is 48.9 Å². The van der Waals surface area contributed by atoms with Crippen LogP contribution in [0.25, 0.3) is 0 Å². The van der Waals surface area contributed by atoms with E-state index in [1.54, 1.807) is 30.3 Å². The molecule has 1 heterocycles. The third kappa shape index (κ3) is 4.65. The maximum absolute atomic E-state index is 13.0. The zero-order valence-corrected chi connectivity index (χ0v) is 19.7. The first-order valence-corrected chi connectivity index (χ1v) is 13.0. The fourth-order valence-corrected chi connectivity index (χ4v) is 6.73. The van der Waals surface area contributed by atoms with Crippen LogP contribution in [0.5, 0.6) is 0 Å². The van der Waals surface area contributed by atoms with Gasteiger partial charge in [0.15, 0.2) is 9.84 Å². The maximum Gasteiger partial charge on any atom is 0.256 e. The minimum Gasteiger partial charge on any atom is -0.327 e. The number of rotatable bonds is 5. The van der Waals surface area contributed by atoms with Gasteiger partial charge in [0.25, 0.3) is 5.91 Å². The van der Waals surface area contributed by atoms with E-state index in [0.717, 1.165) is 12.8 Å². The van der Waals surface area contributed by atoms with Crippen molar-refractivity contribution in [3.05, 3.63) is 58.1 Å². The molecule has 170 valence electrons. The molecule has 6 nitrogen and oxygen atoms in total. The molecule has 32 heavy (non-hydrogen) atoms. The van der Waals surface area contributed by atoms with Crippen molar-refractivity contribution in [3.8, 4) is 0 Å². The molecule has 9 heteroatoms. The molecule has 1 aliphatic carbocycles. The number of benzene rings is 2. The Morgan fingerprint density at radius 2 is 1.72 bits per heavy atom. The highest BCUT2D eigenvalue weighted by atomic mass is 35.5. The van der Waals surface area contributed by atoms with Crippen molar-refractivity contribution in [2.24, 2.45) is 0 Å². The summed E-state index contributed by atoms with van der Waals surface area (Å²) in [5, 5.41) is 3.09. The van der Waals surface area contributed by atoms with Crippen LogP contribution >= 0.6 is 23.2 Å². The monoisotopic (exact) mass is 494 g/mol. The lowest BCUT2D eigenvalue weighted by Gasteiger charge is -2.24. The number of nitrogens with zero attached hydrogens (tertiary/aromatic N) is 1. The predicted octanol–water partition coefficient (Wildman–Crippen LogP) is 4.95. The molecule has 2 aromatic carbocycles. The molecule has 2 amide bonds. The van der Waals surface area contributed by atoms with Crippen LogP contribution in [0.4, 0.5) is 5.69 Å². The van der Waals surface area contributed by atoms with Crippen LogP contribution in [-0.2, 0) is 14.6 Å².